The van der Waals surface area contributed by atoms with Gasteiger partial charge in [-0.15, -0.1) is 0 Å². The fourth-order valence-electron chi connectivity index (χ4n) is 2.61. The number of carbonyl (C=O) groups excluding carboxylic acids is 2. The minimum absolute atomic E-state index is 0.0169. The quantitative estimate of drug-likeness (QED) is 0.823. The average molecular weight is 348 g/mol. The Hall–Kier alpha value is -2.24. The summed E-state index contributed by atoms with van der Waals surface area (Å²) >= 11 is 0. The van der Waals surface area contributed by atoms with Gasteiger partial charge in [0.1, 0.15) is 5.75 Å². The molecule has 1 aromatic carbocycles. The van der Waals surface area contributed by atoms with Crippen molar-refractivity contribution >= 4 is 12.0 Å². The summed E-state index contributed by atoms with van der Waals surface area (Å²) in [5, 5.41) is 3.02. The molecule has 2 rings (SSSR count). The molecule has 0 aliphatic carbocycles. The van der Waals surface area contributed by atoms with Crippen LogP contribution in [0.3, 0.4) is 0 Å². The maximum atomic E-state index is 12.0. The second kappa shape index (κ2) is 9.91. The predicted molar refractivity (Wildman–Crippen MR) is 95.5 cm³/mol. The number of amides is 2. The normalized spacial score (nSPS) is 15.1. The molecular formula is C19H28N2O4. The lowest BCUT2D eigenvalue weighted by molar-refractivity contribution is -0.122. The Morgan fingerprint density at radius 2 is 1.88 bits per heavy atom. The lowest BCUT2D eigenvalue weighted by Crippen LogP contribution is -2.47. The summed E-state index contributed by atoms with van der Waals surface area (Å²) in [4.78, 5) is 25.6. The van der Waals surface area contributed by atoms with Gasteiger partial charge in [-0.1, -0.05) is 32.0 Å². The molecule has 6 heteroatoms. The number of benzene rings is 1. The third-order valence-corrected chi connectivity index (χ3v) is 4.00. The monoisotopic (exact) mass is 348 g/mol. The molecule has 2 amide bonds. The van der Waals surface area contributed by atoms with E-state index in [4.69, 9.17) is 9.47 Å². The van der Waals surface area contributed by atoms with E-state index < -0.39 is 0 Å². The summed E-state index contributed by atoms with van der Waals surface area (Å²) in [5.41, 5.74) is 0. The van der Waals surface area contributed by atoms with E-state index >= 15 is 0 Å². The highest BCUT2D eigenvalue weighted by atomic mass is 16.6. The highest BCUT2D eigenvalue weighted by molar-refractivity contribution is 5.76. The van der Waals surface area contributed by atoms with Crippen LogP contribution in [0.1, 0.15) is 33.1 Å². The summed E-state index contributed by atoms with van der Waals surface area (Å²) in [6.07, 6.45) is 1.57. The van der Waals surface area contributed by atoms with Gasteiger partial charge in [0, 0.05) is 19.1 Å². The molecule has 0 atom stereocenters. The Balaban J connectivity index is 1.61. The van der Waals surface area contributed by atoms with Crippen LogP contribution in [0, 0.1) is 5.92 Å². The number of piperidine rings is 1. The zero-order valence-electron chi connectivity index (χ0n) is 15.1. The maximum absolute atomic E-state index is 12.0. The fourth-order valence-corrected chi connectivity index (χ4v) is 2.61. The molecule has 1 aromatic rings. The van der Waals surface area contributed by atoms with Crippen LogP contribution in [0.25, 0.3) is 0 Å². The lowest BCUT2D eigenvalue weighted by Gasteiger charge is -2.31. The SMILES string of the molecule is CC(C)COC(=O)N1CCC(NC(=O)CCOc2ccccc2)CC1. The number of carbonyl (C=O) groups is 2. The zero-order valence-corrected chi connectivity index (χ0v) is 15.1. The molecule has 1 N–H and O–H groups in total. The molecule has 1 heterocycles. The highest BCUT2D eigenvalue weighted by Gasteiger charge is 2.24. The van der Waals surface area contributed by atoms with Crippen LogP contribution in [0.4, 0.5) is 4.79 Å². The molecule has 25 heavy (non-hydrogen) atoms. The molecule has 1 aliphatic rings. The first-order valence-electron chi connectivity index (χ1n) is 8.93. The summed E-state index contributed by atoms with van der Waals surface area (Å²) in [7, 11) is 0. The molecule has 138 valence electrons. The first kappa shape index (κ1) is 19.1. The van der Waals surface area contributed by atoms with Gasteiger partial charge in [0.15, 0.2) is 0 Å². The van der Waals surface area contributed by atoms with Gasteiger partial charge < -0.3 is 19.7 Å². The van der Waals surface area contributed by atoms with Crippen molar-refractivity contribution in [3.63, 3.8) is 0 Å². The van der Waals surface area contributed by atoms with Crippen molar-refractivity contribution in [2.24, 2.45) is 5.92 Å². The number of rotatable bonds is 7. The zero-order chi connectivity index (χ0) is 18.1. The van der Waals surface area contributed by atoms with Crippen LogP contribution >= 0.6 is 0 Å². The molecule has 0 unspecified atom stereocenters. The van der Waals surface area contributed by atoms with Gasteiger partial charge in [-0.05, 0) is 30.9 Å². The molecule has 0 saturated carbocycles. The van der Waals surface area contributed by atoms with Gasteiger partial charge in [0.25, 0.3) is 0 Å². The largest absolute Gasteiger partial charge is 0.493 e. The van der Waals surface area contributed by atoms with E-state index in [9.17, 15) is 9.59 Å². The van der Waals surface area contributed by atoms with E-state index in [1.54, 1.807) is 4.90 Å². The molecular weight excluding hydrogens is 320 g/mol. The van der Waals surface area contributed by atoms with Gasteiger partial charge in [-0.3, -0.25) is 4.79 Å². The summed E-state index contributed by atoms with van der Waals surface area (Å²) < 4.78 is 10.8. The summed E-state index contributed by atoms with van der Waals surface area (Å²) in [6, 6.07) is 9.56. The minimum atomic E-state index is -0.255. The number of nitrogens with zero attached hydrogens (tertiary/aromatic N) is 1. The standard InChI is InChI=1S/C19H28N2O4/c1-15(2)14-25-19(23)21-11-8-16(9-12-21)20-18(22)10-13-24-17-6-4-3-5-7-17/h3-7,15-16H,8-14H2,1-2H3,(H,20,22). The Kier molecular flexibility index (Phi) is 7.57. The van der Waals surface area contributed by atoms with Gasteiger partial charge in [-0.2, -0.15) is 0 Å². The molecule has 1 aliphatic heterocycles. The summed E-state index contributed by atoms with van der Waals surface area (Å²) in [5.74, 6) is 1.08. The molecule has 0 bridgehead atoms. The topological polar surface area (TPSA) is 67.9 Å². The number of likely N-dealkylation sites (tertiary alicyclic amines) is 1. The van der Waals surface area contributed by atoms with Crippen molar-refractivity contribution in [3.8, 4) is 5.75 Å². The lowest BCUT2D eigenvalue weighted by atomic mass is 10.1. The third-order valence-electron chi connectivity index (χ3n) is 4.00. The van der Waals surface area contributed by atoms with Crippen molar-refractivity contribution in [2.75, 3.05) is 26.3 Å². The van der Waals surface area contributed by atoms with Crippen LogP contribution in [-0.2, 0) is 9.53 Å². The van der Waals surface area contributed by atoms with Crippen LogP contribution < -0.4 is 10.1 Å². The summed E-state index contributed by atoms with van der Waals surface area (Å²) in [6.45, 7) is 6.05. The van der Waals surface area contributed by atoms with Crippen molar-refractivity contribution in [1.82, 2.24) is 10.2 Å². The number of ether oxygens (including phenoxy) is 2. The second-order valence-corrected chi connectivity index (χ2v) is 6.71. The van der Waals surface area contributed by atoms with Crippen LogP contribution in [-0.4, -0.2) is 49.2 Å². The average Bonchev–Trinajstić information content (AvgIpc) is 2.61. The van der Waals surface area contributed by atoms with E-state index in [0.717, 1.165) is 18.6 Å². The number of hydrogen-bond donors (Lipinski definition) is 1. The van der Waals surface area contributed by atoms with E-state index in [2.05, 4.69) is 5.32 Å². The predicted octanol–water partition coefficient (Wildman–Crippen LogP) is 2.83. The van der Waals surface area contributed by atoms with Crippen molar-refractivity contribution < 1.29 is 19.1 Å². The Labute approximate surface area is 149 Å². The minimum Gasteiger partial charge on any atom is -0.493 e. The highest BCUT2D eigenvalue weighted by Crippen LogP contribution is 2.13. The van der Waals surface area contributed by atoms with Crippen LogP contribution in [0.5, 0.6) is 5.75 Å². The second-order valence-electron chi connectivity index (χ2n) is 6.71. The van der Waals surface area contributed by atoms with Crippen LogP contribution in [0.15, 0.2) is 30.3 Å². The van der Waals surface area contributed by atoms with Gasteiger partial charge in [-0.25, -0.2) is 4.79 Å². The van der Waals surface area contributed by atoms with Gasteiger partial charge in [0.05, 0.1) is 19.6 Å². The first-order valence-corrected chi connectivity index (χ1v) is 8.93. The number of nitrogens with one attached hydrogen (secondary N) is 1. The molecule has 1 fully saturated rings. The maximum Gasteiger partial charge on any atom is 0.409 e. The van der Waals surface area contributed by atoms with Gasteiger partial charge in [0.2, 0.25) is 5.91 Å². The van der Waals surface area contributed by atoms with E-state index in [1.807, 2.05) is 44.2 Å². The smallest absolute Gasteiger partial charge is 0.409 e. The molecule has 6 nitrogen and oxygen atoms in total. The van der Waals surface area contributed by atoms with E-state index in [-0.39, 0.29) is 18.0 Å². The molecule has 0 aromatic heterocycles. The fraction of sp³-hybridized carbons (Fsp3) is 0.579. The molecule has 0 radical (unpaired) electrons. The van der Waals surface area contributed by atoms with Crippen LogP contribution in [0.2, 0.25) is 0 Å². The molecule has 1 saturated heterocycles. The van der Waals surface area contributed by atoms with E-state index in [1.165, 1.54) is 0 Å². The first-order chi connectivity index (χ1) is 12.0. The number of para-hydroxylation sites is 1. The Bertz CT molecular complexity index is 540. The number of hydrogen-bond acceptors (Lipinski definition) is 4. The Morgan fingerprint density at radius 3 is 2.52 bits per heavy atom. The van der Waals surface area contributed by atoms with Crippen molar-refractivity contribution in [1.29, 1.82) is 0 Å². The molecule has 0 spiro atoms. The van der Waals surface area contributed by atoms with E-state index in [0.29, 0.717) is 38.6 Å². The third kappa shape index (κ3) is 7.03. The van der Waals surface area contributed by atoms with Crippen molar-refractivity contribution in [3.05, 3.63) is 30.3 Å². The Morgan fingerprint density at radius 1 is 1.20 bits per heavy atom. The van der Waals surface area contributed by atoms with Gasteiger partial charge >= 0.3 is 6.09 Å². The van der Waals surface area contributed by atoms with Crippen molar-refractivity contribution in [2.45, 2.75) is 39.2 Å².